The molecule has 1 heterocycles. The summed E-state index contributed by atoms with van der Waals surface area (Å²) < 4.78 is 5.39. The molecule has 0 spiro atoms. The third-order valence-electron chi connectivity index (χ3n) is 3.13. The quantitative estimate of drug-likeness (QED) is 0.845. The van der Waals surface area contributed by atoms with Crippen LogP contribution in [0.2, 0.25) is 0 Å². The first-order chi connectivity index (χ1) is 7.80. The van der Waals surface area contributed by atoms with Gasteiger partial charge in [0.25, 0.3) is 0 Å². The van der Waals surface area contributed by atoms with Crippen molar-refractivity contribution in [2.24, 2.45) is 0 Å². The van der Waals surface area contributed by atoms with Gasteiger partial charge in [-0.1, -0.05) is 6.92 Å². The molecule has 0 aromatic carbocycles. The lowest BCUT2D eigenvalue weighted by Gasteiger charge is -2.15. The third-order valence-corrected chi connectivity index (χ3v) is 3.13. The molecule has 1 unspecified atom stereocenters. The Hall–Kier alpha value is -1.16. The zero-order chi connectivity index (χ0) is 11.5. The van der Waals surface area contributed by atoms with Crippen LogP contribution in [-0.4, -0.2) is 24.1 Å². The van der Waals surface area contributed by atoms with Crippen LogP contribution in [0.5, 0.6) is 0 Å². The summed E-state index contributed by atoms with van der Waals surface area (Å²) in [5, 5.41) is 3.16. The minimum Gasteiger partial charge on any atom is -0.373 e. The lowest BCUT2D eigenvalue weighted by atomic mass is 10.2. The van der Waals surface area contributed by atoms with Gasteiger partial charge in [0.1, 0.15) is 11.9 Å². The Bertz CT molecular complexity index is 375. The van der Waals surface area contributed by atoms with Gasteiger partial charge < -0.3 is 10.1 Å². The molecule has 1 atom stereocenters. The van der Waals surface area contributed by atoms with Gasteiger partial charge in [0, 0.05) is 25.4 Å². The van der Waals surface area contributed by atoms with Crippen LogP contribution in [0.15, 0.2) is 0 Å². The van der Waals surface area contributed by atoms with Gasteiger partial charge >= 0.3 is 0 Å². The molecule has 2 rings (SSSR count). The van der Waals surface area contributed by atoms with Crippen molar-refractivity contribution in [3.8, 4) is 0 Å². The fraction of sp³-hybridized carbons (Fsp3) is 0.667. The Morgan fingerprint density at radius 2 is 2.19 bits per heavy atom. The van der Waals surface area contributed by atoms with E-state index in [9.17, 15) is 0 Å². The Kier molecular flexibility index (Phi) is 3.39. The highest BCUT2D eigenvalue weighted by Crippen LogP contribution is 2.28. The first-order valence-electron chi connectivity index (χ1n) is 5.90. The van der Waals surface area contributed by atoms with E-state index in [1.54, 1.807) is 7.11 Å². The number of anilines is 1. The Morgan fingerprint density at radius 3 is 2.81 bits per heavy atom. The van der Waals surface area contributed by atoms with Gasteiger partial charge in [-0.15, -0.1) is 0 Å². The van der Waals surface area contributed by atoms with E-state index < -0.39 is 0 Å². The SMILES string of the molecule is CCC(OC)c1nc2c(c(NC)n1)CCC2. The zero-order valence-corrected chi connectivity index (χ0v) is 10.2. The fourth-order valence-corrected chi connectivity index (χ4v) is 2.26. The molecular weight excluding hydrogens is 202 g/mol. The van der Waals surface area contributed by atoms with Crippen molar-refractivity contribution in [2.75, 3.05) is 19.5 Å². The summed E-state index contributed by atoms with van der Waals surface area (Å²) in [4.78, 5) is 9.19. The number of hydrogen-bond acceptors (Lipinski definition) is 4. The third kappa shape index (κ3) is 1.89. The minimum atomic E-state index is 0.0120. The van der Waals surface area contributed by atoms with E-state index in [-0.39, 0.29) is 6.10 Å². The second-order valence-electron chi connectivity index (χ2n) is 4.09. The average Bonchev–Trinajstić information content (AvgIpc) is 2.77. The van der Waals surface area contributed by atoms with Crippen LogP contribution in [-0.2, 0) is 17.6 Å². The van der Waals surface area contributed by atoms with Gasteiger partial charge in [0.15, 0.2) is 5.82 Å². The van der Waals surface area contributed by atoms with E-state index in [1.807, 2.05) is 7.05 Å². The van der Waals surface area contributed by atoms with Crippen molar-refractivity contribution in [2.45, 2.75) is 38.7 Å². The van der Waals surface area contributed by atoms with Gasteiger partial charge in [-0.2, -0.15) is 0 Å². The molecular formula is C12H19N3O. The molecule has 4 heteroatoms. The van der Waals surface area contributed by atoms with E-state index in [4.69, 9.17) is 4.74 Å². The van der Waals surface area contributed by atoms with Crippen LogP contribution in [0.3, 0.4) is 0 Å². The average molecular weight is 221 g/mol. The molecule has 88 valence electrons. The highest BCUT2D eigenvalue weighted by molar-refractivity contribution is 5.48. The van der Waals surface area contributed by atoms with Crippen LogP contribution in [0, 0.1) is 0 Å². The highest BCUT2D eigenvalue weighted by Gasteiger charge is 2.21. The molecule has 0 amide bonds. The van der Waals surface area contributed by atoms with Gasteiger partial charge in [-0.3, -0.25) is 0 Å². The molecule has 16 heavy (non-hydrogen) atoms. The number of aromatic nitrogens is 2. The molecule has 0 bridgehead atoms. The summed E-state index contributed by atoms with van der Waals surface area (Å²) in [5.41, 5.74) is 2.49. The summed E-state index contributed by atoms with van der Waals surface area (Å²) in [6.45, 7) is 2.09. The highest BCUT2D eigenvalue weighted by atomic mass is 16.5. The molecule has 1 aromatic heterocycles. The predicted molar refractivity (Wildman–Crippen MR) is 63.6 cm³/mol. The summed E-state index contributed by atoms with van der Waals surface area (Å²) in [5.74, 6) is 1.79. The maximum absolute atomic E-state index is 5.39. The molecule has 4 nitrogen and oxygen atoms in total. The van der Waals surface area contributed by atoms with Crippen LogP contribution >= 0.6 is 0 Å². The van der Waals surface area contributed by atoms with Crippen LogP contribution < -0.4 is 5.32 Å². The van der Waals surface area contributed by atoms with Crippen LogP contribution in [0.25, 0.3) is 0 Å². The summed E-state index contributed by atoms with van der Waals surface area (Å²) >= 11 is 0. The molecule has 0 fully saturated rings. The number of nitrogens with zero attached hydrogens (tertiary/aromatic N) is 2. The molecule has 0 aliphatic heterocycles. The van der Waals surface area contributed by atoms with E-state index >= 15 is 0 Å². The number of nitrogens with one attached hydrogen (secondary N) is 1. The normalized spacial score (nSPS) is 15.9. The summed E-state index contributed by atoms with van der Waals surface area (Å²) in [6.07, 6.45) is 4.26. The lowest BCUT2D eigenvalue weighted by molar-refractivity contribution is 0.0925. The fourth-order valence-electron chi connectivity index (χ4n) is 2.26. The molecule has 0 radical (unpaired) electrons. The standard InChI is InChI=1S/C12H19N3O/c1-4-10(16-3)12-14-9-7-5-6-8(9)11(13-2)15-12/h10H,4-7H2,1-3H3,(H,13,14,15). The Labute approximate surface area is 96.4 Å². The molecule has 0 saturated carbocycles. The van der Waals surface area contributed by atoms with E-state index in [2.05, 4.69) is 22.2 Å². The van der Waals surface area contributed by atoms with Crippen LogP contribution in [0.1, 0.15) is 43.0 Å². The molecule has 1 aliphatic rings. The van der Waals surface area contributed by atoms with E-state index in [0.29, 0.717) is 0 Å². The number of fused-ring (bicyclic) bond motifs is 1. The number of ether oxygens (including phenoxy) is 1. The van der Waals surface area contributed by atoms with E-state index in [1.165, 1.54) is 17.7 Å². The topological polar surface area (TPSA) is 47.0 Å². The summed E-state index contributed by atoms with van der Waals surface area (Å²) in [6, 6.07) is 0. The lowest BCUT2D eigenvalue weighted by Crippen LogP contribution is -2.10. The first-order valence-corrected chi connectivity index (χ1v) is 5.90. The van der Waals surface area contributed by atoms with Gasteiger partial charge in [0.05, 0.1) is 0 Å². The van der Waals surface area contributed by atoms with Crippen molar-refractivity contribution in [3.63, 3.8) is 0 Å². The molecule has 0 saturated heterocycles. The first kappa shape index (κ1) is 11.3. The minimum absolute atomic E-state index is 0.0120. The Balaban J connectivity index is 2.41. The largest absolute Gasteiger partial charge is 0.373 e. The monoisotopic (exact) mass is 221 g/mol. The smallest absolute Gasteiger partial charge is 0.159 e. The maximum Gasteiger partial charge on any atom is 0.159 e. The van der Waals surface area contributed by atoms with Crippen molar-refractivity contribution >= 4 is 5.82 Å². The predicted octanol–water partition coefficient (Wildman–Crippen LogP) is 2.10. The second-order valence-corrected chi connectivity index (χ2v) is 4.09. The van der Waals surface area contributed by atoms with Gasteiger partial charge in [-0.05, 0) is 25.7 Å². The number of rotatable bonds is 4. The van der Waals surface area contributed by atoms with Crippen molar-refractivity contribution in [1.82, 2.24) is 9.97 Å². The van der Waals surface area contributed by atoms with Crippen molar-refractivity contribution in [1.29, 1.82) is 0 Å². The van der Waals surface area contributed by atoms with Crippen molar-refractivity contribution in [3.05, 3.63) is 17.1 Å². The van der Waals surface area contributed by atoms with Gasteiger partial charge in [-0.25, -0.2) is 9.97 Å². The summed E-state index contributed by atoms with van der Waals surface area (Å²) in [7, 11) is 3.63. The van der Waals surface area contributed by atoms with Crippen LogP contribution in [0.4, 0.5) is 5.82 Å². The molecule has 1 aromatic rings. The number of methoxy groups -OCH3 is 1. The molecule has 1 aliphatic carbocycles. The zero-order valence-electron chi connectivity index (χ0n) is 10.2. The maximum atomic E-state index is 5.39. The second kappa shape index (κ2) is 4.78. The van der Waals surface area contributed by atoms with Crippen molar-refractivity contribution < 1.29 is 4.74 Å². The van der Waals surface area contributed by atoms with Gasteiger partial charge in [0.2, 0.25) is 0 Å². The molecule has 1 N–H and O–H groups in total. The number of aryl methyl sites for hydroxylation is 1. The van der Waals surface area contributed by atoms with E-state index in [0.717, 1.165) is 30.9 Å². The Morgan fingerprint density at radius 1 is 1.38 bits per heavy atom. The number of hydrogen-bond donors (Lipinski definition) is 1.